The van der Waals surface area contributed by atoms with E-state index in [2.05, 4.69) is 16.0 Å². The van der Waals surface area contributed by atoms with Gasteiger partial charge in [-0.05, 0) is 31.0 Å². The molecular weight excluding hydrogens is 228 g/mol. The van der Waals surface area contributed by atoms with Crippen molar-refractivity contribution in [2.45, 2.75) is 25.4 Å². The second-order valence-corrected chi connectivity index (χ2v) is 4.83. The van der Waals surface area contributed by atoms with Crippen LogP contribution in [-0.2, 0) is 11.3 Å². The summed E-state index contributed by atoms with van der Waals surface area (Å²) >= 11 is 0. The van der Waals surface area contributed by atoms with Crippen molar-refractivity contribution in [3.05, 3.63) is 36.0 Å². The zero-order valence-electron chi connectivity index (χ0n) is 10.1. The van der Waals surface area contributed by atoms with E-state index >= 15 is 0 Å². The average molecular weight is 244 g/mol. The standard InChI is InChI=1S/C14H16N2O2/c17-14(18)13-6-3-7-16(13)9-10-8-15-12-5-2-1-4-11(10)12/h1-2,4-5,8,13,15H,3,6-7,9H2,(H,17,18)/t13-/m0/s1. The summed E-state index contributed by atoms with van der Waals surface area (Å²) in [6, 6.07) is 7.81. The fourth-order valence-electron chi connectivity index (χ4n) is 2.78. The van der Waals surface area contributed by atoms with E-state index in [-0.39, 0.29) is 6.04 Å². The first-order valence-electron chi connectivity index (χ1n) is 6.27. The van der Waals surface area contributed by atoms with Crippen LogP contribution >= 0.6 is 0 Å². The number of H-pyrrole nitrogens is 1. The van der Waals surface area contributed by atoms with Crippen LogP contribution in [0.25, 0.3) is 10.9 Å². The number of fused-ring (bicyclic) bond motifs is 1. The van der Waals surface area contributed by atoms with Gasteiger partial charge in [0.1, 0.15) is 6.04 Å². The van der Waals surface area contributed by atoms with Crippen LogP contribution in [-0.4, -0.2) is 33.5 Å². The highest BCUT2D eigenvalue weighted by molar-refractivity contribution is 5.83. The SMILES string of the molecule is O=C(O)[C@@H]1CCCN1Cc1c[nH]c2ccccc12. The zero-order chi connectivity index (χ0) is 12.5. The number of rotatable bonds is 3. The molecule has 4 heteroatoms. The van der Waals surface area contributed by atoms with Gasteiger partial charge in [0.05, 0.1) is 0 Å². The highest BCUT2D eigenvalue weighted by Crippen LogP contribution is 2.24. The van der Waals surface area contributed by atoms with Gasteiger partial charge in [-0.15, -0.1) is 0 Å². The van der Waals surface area contributed by atoms with E-state index in [4.69, 9.17) is 0 Å². The molecule has 3 rings (SSSR count). The highest BCUT2D eigenvalue weighted by atomic mass is 16.4. The minimum atomic E-state index is -0.702. The van der Waals surface area contributed by atoms with Gasteiger partial charge in [-0.25, -0.2) is 0 Å². The molecular formula is C14H16N2O2. The van der Waals surface area contributed by atoms with Crippen LogP contribution in [0.3, 0.4) is 0 Å². The summed E-state index contributed by atoms with van der Waals surface area (Å²) in [6.45, 7) is 1.58. The topological polar surface area (TPSA) is 56.3 Å². The van der Waals surface area contributed by atoms with E-state index < -0.39 is 5.97 Å². The molecule has 0 radical (unpaired) electrons. The Labute approximate surface area is 105 Å². The van der Waals surface area contributed by atoms with Gasteiger partial charge in [0.25, 0.3) is 0 Å². The van der Waals surface area contributed by atoms with Gasteiger partial charge in [0.2, 0.25) is 0 Å². The number of hydrogen-bond acceptors (Lipinski definition) is 2. The maximum atomic E-state index is 11.2. The van der Waals surface area contributed by atoms with Crippen molar-refractivity contribution >= 4 is 16.9 Å². The minimum absolute atomic E-state index is 0.321. The number of nitrogens with zero attached hydrogens (tertiary/aromatic N) is 1. The van der Waals surface area contributed by atoms with Crippen LogP contribution in [0.4, 0.5) is 0 Å². The first-order valence-corrected chi connectivity index (χ1v) is 6.27. The third kappa shape index (κ3) is 1.88. The Morgan fingerprint density at radius 3 is 3.11 bits per heavy atom. The number of aliphatic carboxylic acids is 1. The van der Waals surface area contributed by atoms with Crippen molar-refractivity contribution in [3.8, 4) is 0 Å². The number of aromatic amines is 1. The van der Waals surface area contributed by atoms with Gasteiger partial charge in [-0.2, -0.15) is 0 Å². The summed E-state index contributed by atoms with van der Waals surface area (Å²) in [4.78, 5) is 16.4. The molecule has 0 spiro atoms. The number of likely N-dealkylation sites (tertiary alicyclic amines) is 1. The predicted molar refractivity (Wildman–Crippen MR) is 69.4 cm³/mol. The van der Waals surface area contributed by atoms with E-state index in [1.165, 1.54) is 10.9 Å². The maximum absolute atomic E-state index is 11.2. The van der Waals surface area contributed by atoms with Crippen molar-refractivity contribution in [1.82, 2.24) is 9.88 Å². The molecule has 1 fully saturated rings. The number of hydrogen-bond donors (Lipinski definition) is 2. The summed E-state index contributed by atoms with van der Waals surface area (Å²) in [5.41, 5.74) is 2.29. The van der Waals surface area contributed by atoms with Crippen molar-refractivity contribution in [1.29, 1.82) is 0 Å². The lowest BCUT2D eigenvalue weighted by atomic mass is 10.1. The van der Waals surface area contributed by atoms with Crippen LogP contribution in [0, 0.1) is 0 Å². The van der Waals surface area contributed by atoms with Gasteiger partial charge in [-0.3, -0.25) is 9.69 Å². The molecule has 1 atom stereocenters. The lowest BCUT2D eigenvalue weighted by molar-refractivity contribution is -0.142. The minimum Gasteiger partial charge on any atom is -0.480 e. The summed E-state index contributed by atoms with van der Waals surface area (Å²) in [5.74, 6) is -0.702. The summed E-state index contributed by atoms with van der Waals surface area (Å²) in [6.07, 6.45) is 3.72. The van der Waals surface area contributed by atoms with Crippen molar-refractivity contribution < 1.29 is 9.90 Å². The molecule has 0 aliphatic carbocycles. The fraction of sp³-hybridized carbons (Fsp3) is 0.357. The summed E-state index contributed by atoms with van der Waals surface area (Å²) in [7, 11) is 0. The number of carboxylic acids is 1. The van der Waals surface area contributed by atoms with Crippen LogP contribution < -0.4 is 0 Å². The largest absolute Gasteiger partial charge is 0.480 e. The molecule has 0 bridgehead atoms. The molecule has 94 valence electrons. The molecule has 0 unspecified atom stereocenters. The summed E-state index contributed by atoms with van der Waals surface area (Å²) < 4.78 is 0. The molecule has 1 saturated heterocycles. The Hall–Kier alpha value is -1.81. The van der Waals surface area contributed by atoms with Gasteiger partial charge in [0.15, 0.2) is 0 Å². The van der Waals surface area contributed by atoms with E-state index in [9.17, 15) is 9.90 Å². The first kappa shape index (κ1) is 11.3. The predicted octanol–water partition coefficient (Wildman–Crippen LogP) is 2.22. The molecule has 1 aliphatic heterocycles. The maximum Gasteiger partial charge on any atom is 0.320 e. The Morgan fingerprint density at radius 1 is 1.44 bits per heavy atom. The van der Waals surface area contributed by atoms with Gasteiger partial charge in [-0.1, -0.05) is 18.2 Å². The Morgan fingerprint density at radius 2 is 2.28 bits per heavy atom. The Bertz CT molecular complexity index is 576. The normalized spacial score (nSPS) is 20.6. The number of carboxylic acid groups (broad SMARTS) is 1. The van der Waals surface area contributed by atoms with Gasteiger partial charge < -0.3 is 10.1 Å². The quantitative estimate of drug-likeness (QED) is 0.870. The van der Waals surface area contributed by atoms with E-state index in [1.54, 1.807) is 0 Å². The third-order valence-electron chi connectivity index (χ3n) is 3.70. The molecule has 2 aromatic rings. The van der Waals surface area contributed by atoms with Crippen LogP contribution in [0.15, 0.2) is 30.5 Å². The van der Waals surface area contributed by atoms with E-state index in [0.717, 1.165) is 24.9 Å². The van der Waals surface area contributed by atoms with Gasteiger partial charge in [0, 0.05) is 23.6 Å². The molecule has 4 nitrogen and oxygen atoms in total. The molecule has 0 saturated carbocycles. The fourth-order valence-corrected chi connectivity index (χ4v) is 2.78. The number of benzene rings is 1. The molecule has 2 N–H and O–H groups in total. The van der Waals surface area contributed by atoms with Crippen LogP contribution in [0.2, 0.25) is 0 Å². The average Bonchev–Trinajstić information content (AvgIpc) is 2.97. The van der Waals surface area contributed by atoms with Gasteiger partial charge >= 0.3 is 5.97 Å². The molecule has 1 aromatic heterocycles. The van der Waals surface area contributed by atoms with Crippen molar-refractivity contribution in [2.75, 3.05) is 6.54 Å². The Balaban J connectivity index is 1.86. The van der Waals surface area contributed by atoms with Crippen LogP contribution in [0.1, 0.15) is 18.4 Å². The van der Waals surface area contributed by atoms with E-state index in [0.29, 0.717) is 6.54 Å². The molecule has 1 aromatic carbocycles. The number of aromatic nitrogens is 1. The second-order valence-electron chi connectivity index (χ2n) is 4.83. The van der Waals surface area contributed by atoms with E-state index in [1.807, 2.05) is 24.4 Å². The van der Waals surface area contributed by atoms with Crippen molar-refractivity contribution in [3.63, 3.8) is 0 Å². The zero-order valence-corrected chi connectivity index (χ0v) is 10.1. The lowest BCUT2D eigenvalue weighted by Crippen LogP contribution is -2.35. The second kappa shape index (κ2) is 4.46. The Kier molecular flexibility index (Phi) is 2.80. The molecule has 18 heavy (non-hydrogen) atoms. The van der Waals surface area contributed by atoms with Crippen molar-refractivity contribution in [2.24, 2.45) is 0 Å². The first-order chi connectivity index (χ1) is 8.75. The molecule has 1 aliphatic rings. The number of nitrogens with one attached hydrogen (secondary N) is 1. The van der Waals surface area contributed by atoms with Crippen LogP contribution in [0.5, 0.6) is 0 Å². The molecule has 2 heterocycles. The third-order valence-corrected chi connectivity index (χ3v) is 3.70. The lowest BCUT2D eigenvalue weighted by Gasteiger charge is -2.20. The summed E-state index contributed by atoms with van der Waals surface area (Å²) in [5, 5.41) is 10.4. The smallest absolute Gasteiger partial charge is 0.320 e. The number of para-hydroxylation sites is 1. The molecule has 0 amide bonds. The number of carbonyl (C=O) groups is 1. The highest BCUT2D eigenvalue weighted by Gasteiger charge is 2.30. The monoisotopic (exact) mass is 244 g/mol.